The summed E-state index contributed by atoms with van der Waals surface area (Å²) in [6, 6.07) is 0. The van der Waals surface area contributed by atoms with Gasteiger partial charge in [-0.05, 0) is 51.9 Å². The fourth-order valence-electron chi connectivity index (χ4n) is 4.44. The van der Waals surface area contributed by atoms with Crippen LogP contribution < -0.4 is 0 Å². The second kappa shape index (κ2) is 27.3. The average molecular weight is 495 g/mol. The van der Waals surface area contributed by atoms with Crippen LogP contribution in [0.4, 0.5) is 0 Å². The van der Waals surface area contributed by atoms with E-state index in [0.717, 1.165) is 38.5 Å². The summed E-state index contributed by atoms with van der Waals surface area (Å²) in [5, 5.41) is 8.61. The first kappa shape index (κ1) is 33.7. The van der Waals surface area contributed by atoms with Gasteiger partial charge in [0.25, 0.3) is 0 Å². The summed E-state index contributed by atoms with van der Waals surface area (Å²) < 4.78 is 5.58. The van der Waals surface area contributed by atoms with Gasteiger partial charge in [0.05, 0.1) is 6.10 Å². The molecule has 0 saturated heterocycles. The van der Waals surface area contributed by atoms with Gasteiger partial charge in [-0.1, -0.05) is 115 Å². The molecule has 0 aliphatic rings. The highest BCUT2D eigenvalue weighted by Crippen LogP contribution is 2.15. The molecule has 0 saturated carbocycles. The molecule has 0 rings (SSSR count). The maximum atomic E-state index is 12.0. The van der Waals surface area contributed by atoms with E-state index in [0.29, 0.717) is 12.8 Å². The lowest BCUT2D eigenvalue weighted by Crippen LogP contribution is -2.14. The molecule has 0 radical (unpaired) electrons. The van der Waals surface area contributed by atoms with Crippen molar-refractivity contribution in [1.82, 2.24) is 0 Å². The van der Waals surface area contributed by atoms with E-state index in [1.807, 2.05) is 6.92 Å². The van der Waals surface area contributed by atoms with E-state index in [2.05, 4.69) is 19.1 Å². The van der Waals surface area contributed by atoms with Crippen LogP contribution in [0, 0.1) is 0 Å². The summed E-state index contributed by atoms with van der Waals surface area (Å²) in [5.74, 6) is -0.688. The van der Waals surface area contributed by atoms with Gasteiger partial charge in [0.1, 0.15) is 0 Å². The first-order chi connectivity index (χ1) is 17.1. The van der Waals surface area contributed by atoms with E-state index >= 15 is 0 Å². The molecule has 35 heavy (non-hydrogen) atoms. The van der Waals surface area contributed by atoms with Gasteiger partial charge < -0.3 is 9.84 Å². The molecule has 1 unspecified atom stereocenters. The maximum absolute atomic E-state index is 12.0. The molecule has 0 aliphatic carbocycles. The Kier molecular flexibility index (Phi) is 26.2. The smallest absolute Gasteiger partial charge is 0.306 e. The van der Waals surface area contributed by atoms with Crippen molar-refractivity contribution in [3.8, 4) is 0 Å². The van der Waals surface area contributed by atoms with E-state index in [1.165, 1.54) is 103 Å². The van der Waals surface area contributed by atoms with Crippen LogP contribution in [0.1, 0.15) is 168 Å². The van der Waals surface area contributed by atoms with Crippen LogP contribution in [0.2, 0.25) is 0 Å². The van der Waals surface area contributed by atoms with Crippen molar-refractivity contribution in [3.63, 3.8) is 0 Å². The zero-order chi connectivity index (χ0) is 25.8. The van der Waals surface area contributed by atoms with Gasteiger partial charge in [-0.3, -0.25) is 9.59 Å². The Morgan fingerprint density at radius 3 is 1.57 bits per heavy atom. The number of carboxylic acids is 1. The lowest BCUT2D eigenvalue weighted by molar-refractivity contribution is -0.148. The zero-order valence-corrected chi connectivity index (χ0v) is 23.4. The predicted octanol–water partition coefficient (Wildman–Crippen LogP) is 9.94. The van der Waals surface area contributed by atoms with Crippen LogP contribution in [-0.2, 0) is 14.3 Å². The maximum Gasteiger partial charge on any atom is 0.306 e. The van der Waals surface area contributed by atoms with Gasteiger partial charge in [-0.25, -0.2) is 0 Å². The minimum absolute atomic E-state index is 0.0155. The number of carboxylic acid groups (broad SMARTS) is 1. The molecule has 0 aromatic carbocycles. The number of hydrogen-bond acceptors (Lipinski definition) is 3. The van der Waals surface area contributed by atoms with Gasteiger partial charge in [0.15, 0.2) is 0 Å². The minimum atomic E-state index is -0.672. The van der Waals surface area contributed by atoms with E-state index in [4.69, 9.17) is 9.84 Å². The van der Waals surface area contributed by atoms with Crippen molar-refractivity contribution in [1.29, 1.82) is 0 Å². The van der Waals surface area contributed by atoms with Crippen LogP contribution in [0.3, 0.4) is 0 Å². The number of rotatable bonds is 27. The molecule has 4 heteroatoms. The van der Waals surface area contributed by atoms with Crippen molar-refractivity contribution in [2.24, 2.45) is 0 Å². The molecule has 1 N–H and O–H groups in total. The number of hydrogen-bond donors (Lipinski definition) is 1. The summed E-state index contributed by atoms with van der Waals surface area (Å²) in [7, 11) is 0. The van der Waals surface area contributed by atoms with E-state index in [1.54, 1.807) is 0 Å². The van der Waals surface area contributed by atoms with Crippen LogP contribution in [0.15, 0.2) is 12.2 Å². The van der Waals surface area contributed by atoms with Crippen LogP contribution in [0.5, 0.6) is 0 Å². The van der Waals surface area contributed by atoms with Crippen molar-refractivity contribution < 1.29 is 19.4 Å². The Bertz CT molecular complexity index is 500. The fraction of sp³-hybridized carbons (Fsp3) is 0.871. The molecule has 4 nitrogen and oxygen atoms in total. The number of unbranched alkanes of at least 4 members (excludes halogenated alkanes) is 18. The van der Waals surface area contributed by atoms with E-state index < -0.39 is 5.97 Å². The second-order valence-corrected chi connectivity index (χ2v) is 10.4. The number of carbonyl (C=O) groups excluding carboxylic acids is 1. The first-order valence-corrected chi connectivity index (χ1v) is 15.1. The van der Waals surface area contributed by atoms with Crippen molar-refractivity contribution in [2.45, 2.75) is 174 Å². The lowest BCUT2D eigenvalue weighted by Gasteiger charge is -2.13. The zero-order valence-electron chi connectivity index (χ0n) is 23.4. The van der Waals surface area contributed by atoms with Gasteiger partial charge in [0, 0.05) is 12.8 Å². The molecule has 0 heterocycles. The summed E-state index contributed by atoms with van der Waals surface area (Å²) in [6.45, 7) is 4.27. The largest absolute Gasteiger partial charge is 0.481 e. The highest BCUT2D eigenvalue weighted by molar-refractivity contribution is 5.69. The molecule has 206 valence electrons. The normalized spacial score (nSPS) is 12.3. The van der Waals surface area contributed by atoms with Crippen molar-refractivity contribution in [2.75, 3.05) is 0 Å². The minimum Gasteiger partial charge on any atom is -0.481 e. The topological polar surface area (TPSA) is 63.6 Å². The Balaban J connectivity index is 3.33. The molecular weight excluding hydrogens is 436 g/mol. The van der Waals surface area contributed by atoms with Gasteiger partial charge in [-0.2, -0.15) is 0 Å². The molecule has 1 atom stereocenters. The second-order valence-electron chi connectivity index (χ2n) is 10.4. The average Bonchev–Trinajstić information content (AvgIpc) is 2.82. The number of esters is 1. The van der Waals surface area contributed by atoms with Crippen LogP contribution in [-0.4, -0.2) is 23.1 Å². The van der Waals surface area contributed by atoms with Crippen LogP contribution in [0.25, 0.3) is 0 Å². The third-order valence-electron chi connectivity index (χ3n) is 6.73. The Hall–Kier alpha value is -1.32. The van der Waals surface area contributed by atoms with Gasteiger partial charge in [-0.15, -0.1) is 0 Å². The third kappa shape index (κ3) is 28.8. The summed E-state index contributed by atoms with van der Waals surface area (Å²) in [4.78, 5) is 22.5. The van der Waals surface area contributed by atoms with E-state index in [9.17, 15) is 9.59 Å². The Morgan fingerprint density at radius 2 is 1.06 bits per heavy atom. The molecule has 0 aliphatic heterocycles. The van der Waals surface area contributed by atoms with Gasteiger partial charge in [0.2, 0.25) is 0 Å². The predicted molar refractivity (Wildman–Crippen MR) is 149 cm³/mol. The highest BCUT2D eigenvalue weighted by Gasteiger charge is 2.09. The fourth-order valence-corrected chi connectivity index (χ4v) is 4.44. The monoisotopic (exact) mass is 494 g/mol. The standard InChI is InChI=1S/C31H58O4/c1-3-4-5-6-7-8-11-16-19-22-25-28-31(34)35-29(2)26-23-20-17-14-12-9-10-13-15-18-21-24-27-30(32)33/h6-7,29H,3-5,8-28H2,1-2H3,(H,32,33)/b7-6-. The highest BCUT2D eigenvalue weighted by atomic mass is 16.5. The molecular formula is C31H58O4. The first-order valence-electron chi connectivity index (χ1n) is 15.1. The number of carbonyl (C=O) groups is 2. The van der Waals surface area contributed by atoms with Crippen molar-refractivity contribution >= 4 is 11.9 Å². The Morgan fingerprint density at radius 1 is 0.629 bits per heavy atom. The summed E-state index contributed by atoms with van der Waals surface area (Å²) >= 11 is 0. The summed E-state index contributed by atoms with van der Waals surface area (Å²) in [5.41, 5.74) is 0. The number of aliphatic carboxylic acids is 1. The SMILES string of the molecule is CCCC/C=C\CCCCCCCC(=O)OC(C)CCCCCCCCCCCCCCC(=O)O. The molecule has 0 aromatic heterocycles. The molecule has 0 fully saturated rings. The third-order valence-corrected chi connectivity index (χ3v) is 6.73. The number of allylic oxidation sites excluding steroid dienone is 2. The molecule has 0 aromatic rings. The number of ether oxygens (including phenoxy) is 1. The van der Waals surface area contributed by atoms with Crippen LogP contribution >= 0.6 is 0 Å². The molecule has 0 spiro atoms. The quantitative estimate of drug-likeness (QED) is 0.0701. The summed E-state index contributed by atoms with van der Waals surface area (Å²) in [6.07, 6.45) is 31.9. The van der Waals surface area contributed by atoms with E-state index in [-0.39, 0.29) is 12.1 Å². The lowest BCUT2D eigenvalue weighted by atomic mass is 10.0. The Labute approximate surface area is 217 Å². The van der Waals surface area contributed by atoms with Crippen molar-refractivity contribution in [3.05, 3.63) is 12.2 Å². The molecule has 0 amide bonds. The molecule has 0 bridgehead atoms. The van der Waals surface area contributed by atoms with Gasteiger partial charge >= 0.3 is 11.9 Å².